The van der Waals surface area contributed by atoms with Crippen LogP contribution in [0, 0.1) is 5.92 Å². The zero-order chi connectivity index (χ0) is 31.8. The number of benzene rings is 1. The van der Waals surface area contributed by atoms with E-state index < -0.39 is 47.9 Å². The third-order valence-corrected chi connectivity index (χ3v) is 7.17. The number of aliphatic hydroxyl groups excluding tert-OH is 1. The van der Waals surface area contributed by atoms with Crippen molar-refractivity contribution in [3.63, 3.8) is 0 Å². The summed E-state index contributed by atoms with van der Waals surface area (Å²) in [6, 6.07) is 7.16. The Labute approximate surface area is 255 Å². The number of aromatic nitrogens is 1. The number of hydrogen-bond donors (Lipinski definition) is 5. The molecule has 4 atom stereocenters. The molecule has 5 N–H and O–H groups in total. The Morgan fingerprint density at radius 1 is 1.07 bits per heavy atom. The van der Waals surface area contributed by atoms with E-state index in [0.717, 1.165) is 5.56 Å². The number of oxazole rings is 1. The number of nitrogens with one attached hydrogen (secondary N) is 4. The Morgan fingerprint density at radius 3 is 2.50 bits per heavy atom. The summed E-state index contributed by atoms with van der Waals surface area (Å²) in [6.45, 7) is 5.57. The SMILES string of the molecule is COc1ccc(-c2ccc(C(=O)N[C@H]3CCCCNC(=O)c4coc(n4)[C@H](CC(C)C)NC(=O)[C@H]([C@@H](C)O)NC3=O)o2)cc1. The van der Waals surface area contributed by atoms with Gasteiger partial charge in [0, 0.05) is 12.1 Å². The molecule has 3 heterocycles. The molecular weight excluding hydrogens is 570 g/mol. The van der Waals surface area contributed by atoms with Crippen LogP contribution in [-0.4, -0.2) is 65.6 Å². The van der Waals surface area contributed by atoms with Gasteiger partial charge in [-0.3, -0.25) is 19.2 Å². The standard InChI is InChI=1S/C31H39N5O8/c1-17(2)15-22-31-35-23(16-43-31)27(38)32-14-6-5-7-21(28(39)36-26(18(3)37)30(41)34-22)33-29(40)25-13-12-24(44-25)19-8-10-20(42-4)11-9-19/h8-13,16-18,21-22,26,37H,5-7,14-15H2,1-4H3,(H,32,38)(H,33,40)(H,34,41)(H,36,39)/t18-,21+,22+,26+/m1/s1. The molecule has 0 radical (unpaired) electrons. The third-order valence-electron chi connectivity index (χ3n) is 7.17. The summed E-state index contributed by atoms with van der Waals surface area (Å²) in [5.41, 5.74) is 0.810. The minimum atomic E-state index is -1.34. The average Bonchev–Trinajstić information content (AvgIpc) is 3.69. The van der Waals surface area contributed by atoms with Crippen LogP contribution < -0.4 is 26.0 Å². The second-order valence-electron chi connectivity index (χ2n) is 11.2. The summed E-state index contributed by atoms with van der Waals surface area (Å²) >= 11 is 0. The molecule has 4 amide bonds. The number of methoxy groups -OCH3 is 1. The van der Waals surface area contributed by atoms with Gasteiger partial charge < -0.3 is 39.9 Å². The fourth-order valence-electron chi connectivity index (χ4n) is 4.80. The van der Waals surface area contributed by atoms with E-state index in [9.17, 15) is 24.3 Å². The smallest absolute Gasteiger partial charge is 0.287 e. The molecule has 1 aliphatic heterocycles. The third kappa shape index (κ3) is 8.25. The average molecular weight is 610 g/mol. The van der Waals surface area contributed by atoms with Crippen LogP contribution in [0.25, 0.3) is 11.3 Å². The van der Waals surface area contributed by atoms with Crippen molar-refractivity contribution in [3.8, 4) is 17.1 Å². The fraction of sp³-hybridized carbons (Fsp3) is 0.452. The maximum absolute atomic E-state index is 13.5. The van der Waals surface area contributed by atoms with Crippen LogP contribution in [0.5, 0.6) is 5.75 Å². The van der Waals surface area contributed by atoms with E-state index in [2.05, 4.69) is 26.3 Å². The Kier molecular flexibility index (Phi) is 10.8. The predicted octanol–water partition coefficient (Wildman–Crippen LogP) is 2.72. The lowest BCUT2D eigenvalue weighted by Gasteiger charge is -2.26. The van der Waals surface area contributed by atoms with Gasteiger partial charge in [0.1, 0.15) is 35.9 Å². The van der Waals surface area contributed by atoms with E-state index in [4.69, 9.17) is 13.6 Å². The van der Waals surface area contributed by atoms with Crippen molar-refractivity contribution >= 4 is 23.6 Å². The van der Waals surface area contributed by atoms with Gasteiger partial charge >= 0.3 is 0 Å². The van der Waals surface area contributed by atoms with E-state index in [-0.39, 0.29) is 29.7 Å². The first-order valence-corrected chi connectivity index (χ1v) is 14.6. The first-order valence-electron chi connectivity index (χ1n) is 14.6. The minimum Gasteiger partial charge on any atom is -0.497 e. The van der Waals surface area contributed by atoms with Gasteiger partial charge in [-0.05, 0) is 74.9 Å². The highest BCUT2D eigenvalue weighted by molar-refractivity contribution is 5.97. The topological polar surface area (TPSA) is 185 Å². The van der Waals surface area contributed by atoms with Crippen molar-refractivity contribution in [2.75, 3.05) is 13.7 Å². The van der Waals surface area contributed by atoms with Crippen molar-refractivity contribution in [3.05, 3.63) is 60.0 Å². The largest absolute Gasteiger partial charge is 0.497 e. The second-order valence-corrected chi connectivity index (χ2v) is 11.2. The first-order chi connectivity index (χ1) is 21.0. The summed E-state index contributed by atoms with van der Waals surface area (Å²) in [4.78, 5) is 56.9. The number of carbonyl (C=O) groups is 4. The fourth-order valence-corrected chi connectivity index (χ4v) is 4.80. The zero-order valence-electron chi connectivity index (χ0n) is 25.2. The quantitative estimate of drug-likeness (QED) is 0.269. The molecule has 0 fully saturated rings. The molecule has 0 unspecified atom stereocenters. The number of aliphatic hydroxyl groups is 1. The molecule has 13 nitrogen and oxygen atoms in total. The number of fused-ring (bicyclic) bond motifs is 2. The van der Waals surface area contributed by atoms with Gasteiger partial charge in [-0.15, -0.1) is 0 Å². The number of furan rings is 1. The summed E-state index contributed by atoms with van der Waals surface area (Å²) < 4.78 is 16.5. The van der Waals surface area contributed by atoms with Crippen LogP contribution in [-0.2, 0) is 9.59 Å². The summed E-state index contributed by atoms with van der Waals surface area (Å²) in [7, 11) is 1.57. The van der Waals surface area contributed by atoms with E-state index in [0.29, 0.717) is 37.3 Å². The molecule has 0 saturated heterocycles. The van der Waals surface area contributed by atoms with Gasteiger partial charge in [-0.25, -0.2) is 4.98 Å². The molecule has 13 heteroatoms. The number of carbonyl (C=O) groups excluding carboxylic acids is 4. The van der Waals surface area contributed by atoms with Gasteiger partial charge in [-0.1, -0.05) is 13.8 Å². The van der Waals surface area contributed by atoms with Crippen molar-refractivity contribution in [1.29, 1.82) is 0 Å². The Hall–Kier alpha value is -4.65. The first kappa shape index (κ1) is 32.3. The monoisotopic (exact) mass is 609 g/mol. The van der Waals surface area contributed by atoms with Crippen molar-refractivity contribution < 1.29 is 37.9 Å². The highest BCUT2D eigenvalue weighted by atomic mass is 16.5. The molecule has 1 aromatic carbocycles. The molecule has 44 heavy (non-hydrogen) atoms. The molecule has 2 aromatic heterocycles. The van der Waals surface area contributed by atoms with Gasteiger partial charge in [0.2, 0.25) is 17.7 Å². The molecule has 236 valence electrons. The van der Waals surface area contributed by atoms with Crippen LogP contribution >= 0.6 is 0 Å². The van der Waals surface area contributed by atoms with E-state index in [1.54, 1.807) is 37.4 Å². The zero-order valence-corrected chi connectivity index (χ0v) is 25.2. The lowest BCUT2D eigenvalue weighted by molar-refractivity contribution is -0.133. The highest BCUT2D eigenvalue weighted by Gasteiger charge is 2.33. The molecule has 0 spiro atoms. The summed E-state index contributed by atoms with van der Waals surface area (Å²) in [5, 5.41) is 21.3. The summed E-state index contributed by atoms with van der Waals surface area (Å²) in [5.74, 6) is -1.01. The molecular formula is C31H39N5O8. The lowest BCUT2D eigenvalue weighted by Crippen LogP contribution is -2.57. The number of ether oxygens (including phenoxy) is 1. The second kappa shape index (κ2) is 14.7. The van der Waals surface area contributed by atoms with Gasteiger partial charge in [0.15, 0.2) is 11.5 Å². The van der Waals surface area contributed by atoms with Crippen LogP contribution in [0.2, 0.25) is 0 Å². The maximum Gasteiger partial charge on any atom is 0.287 e. The molecule has 0 aliphatic carbocycles. The van der Waals surface area contributed by atoms with Gasteiger partial charge in [-0.2, -0.15) is 0 Å². The molecule has 3 aromatic rings. The number of nitrogens with zero attached hydrogens (tertiary/aromatic N) is 1. The summed E-state index contributed by atoms with van der Waals surface area (Å²) in [6.07, 6.45) is 1.52. The van der Waals surface area contributed by atoms with Crippen LogP contribution in [0.15, 0.2) is 51.5 Å². The number of hydrogen-bond acceptors (Lipinski definition) is 9. The van der Waals surface area contributed by atoms with Gasteiger partial charge in [0.05, 0.1) is 13.2 Å². The Morgan fingerprint density at radius 2 is 1.82 bits per heavy atom. The van der Waals surface area contributed by atoms with E-state index in [1.807, 2.05) is 13.8 Å². The number of amides is 4. The lowest BCUT2D eigenvalue weighted by atomic mass is 10.0. The molecule has 1 aliphatic rings. The van der Waals surface area contributed by atoms with Crippen LogP contribution in [0.4, 0.5) is 0 Å². The highest BCUT2D eigenvalue weighted by Crippen LogP contribution is 2.25. The molecule has 2 bridgehead atoms. The van der Waals surface area contributed by atoms with Gasteiger partial charge in [0.25, 0.3) is 11.8 Å². The Balaban J connectivity index is 1.54. The number of rotatable bonds is 7. The van der Waals surface area contributed by atoms with Crippen molar-refractivity contribution in [2.45, 2.75) is 70.7 Å². The molecule has 0 saturated carbocycles. The molecule has 4 rings (SSSR count). The predicted molar refractivity (Wildman–Crippen MR) is 159 cm³/mol. The minimum absolute atomic E-state index is 0.00565. The Bertz CT molecular complexity index is 1450. The van der Waals surface area contributed by atoms with E-state index in [1.165, 1.54) is 19.3 Å². The normalized spacial score (nSPS) is 20.8. The maximum atomic E-state index is 13.5. The van der Waals surface area contributed by atoms with E-state index >= 15 is 0 Å². The van der Waals surface area contributed by atoms with Crippen LogP contribution in [0.1, 0.15) is 79.4 Å². The van der Waals surface area contributed by atoms with Crippen LogP contribution in [0.3, 0.4) is 0 Å². The van der Waals surface area contributed by atoms with Crippen molar-refractivity contribution in [2.24, 2.45) is 5.92 Å². The van der Waals surface area contributed by atoms with Crippen molar-refractivity contribution in [1.82, 2.24) is 26.3 Å².